The number of nitrogens with zero attached hydrogens (tertiary/aromatic N) is 5. The molecule has 9 nitrogen and oxygen atoms in total. The molecule has 2 aromatic heterocycles. The Kier molecular flexibility index (Phi) is 6.75. The summed E-state index contributed by atoms with van der Waals surface area (Å²) >= 11 is 0. The van der Waals surface area contributed by atoms with Gasteiger partial charge in [-0.25, -0.2) is 9.97 Å². The number of rotatable bonds is 6. The van der Waals surface area contributed by atoms with Gasteiger partial charge in [0.05, 0.1) is 18.6 Å². The van der Waals surface area contributed by atoms with Gasteiger partial charge in [-0.3, -0.25) is 9.36 Å². The van der Waals surface area contributed by atoms with Crippen molar-refractivity contribution >= 4 is 28.6 Å². The van der Waals surface area contributed by atoms with Crippen molar-refractivity contribution in [3.63, 3.8) is 0 Å². The van der Waals surface area contributed by atoms with Crippen LogP contribution in [-0.2, 0) is 13.1 Å². The van der Waals surface area contributed by atoms with Crippen molar-refractivity contribution in [2.24, 2.45) is 5.73 Å². The molecule has 3 heterocycles. The first kappa shape index (κ1) is 22.6. The van der Waals surface area contributed by atoms with E-state index in [1.54, 1.807) is 14.0 Å². The lowest BCUT2D eigenvalue weighted by molar-refractivity contribution is 0.0942. The van der Waals surface area contributed by atoms with Crippen molar-refractivity contribution < 1.29 is 4.79 Å². The fourth-order valence-corrected chi connectivity index (χ4v) is 4.20. The van der Waals surface area contributed by atoms with Crippen molar-refractivity contribution in [2.75, 3.05) is 30.4 Å². The molecule has 0 bridgehead atoms. The largest absolute Gasteiger partial charge is 0.371 e. The van der Waals surface area contributed by atoms with Crippen molar-refractivity contribution in [3.8, 4) is 11.8 Å². The number of imidazole rings is 1. The Morgan fingerprint density at radius 1 is 1.27 bits per heavy atom. The minimum Gasteiger partial charge on any atom is -0.371 e. The maximum absolute atomic E-state index is 13.3. The van der Waals surface area contributed by atoms with E-state index in [0.29, 0.717) is 36.4 Å². The Hall–Kier alpha value is -3.64. The number of amides is 1. The van der Waals surface area contributed by atoms with E-state index in [4.69, 9.17) is 10.7 Å². The lowest BCUT2D eigenvalue weighted by Gasteiger charge is -2.31. The first-order valence-corrected chi connectivity index (χ1v) is 11.2. The molecule has 4 rings (SSSR count). The second-order valence-electron chi connectivity index (χ2n) is 8.15. The summed E-state index contributed by atoms with van der Waals surface area (Å²) in [6.45, 7) is 5.85. The van der Waals surface area contributed by atoms with Gasteiger partial charge in [0.1, 0.15) is 5.82 Å². The molecule has 1 atom stereocenters. The molecule has 9 heteroatoms. The monoisotopic (exact) mass is 446 g/mol. The number of anilines is 2. The normalized spacial score (nSPS) is 15.8. The number of para-hydroxylation sites is 1. The molecular weight excluding hydrogens is 416 g/mol. The Morgan fingerprint density at radius 3 is 2.85 bits per heavy atom. The molecule has 0 radical (unpaired) electrons. The van der Waals surface area contributed by atoms with Crippen LogP contribution in [-0.4, -0.2) is 51.6 Å². The van der Waals surface area contributed by atoms with Gasteiger partial charge in [-0.2, -0.15) is 4.98 Å². The quantitative estimate of drug-likeness (QED) is 0.497. The van der Waals surface area contributed by atoms with Crippen molar-refractivity contribution in [1.29, 1.82) is 0 Å². The van der Waals surface area contributed by atoms with E-state index in [9.17, 15) is 4.79 Å². The molecule has 0 aliphatic carbocycles. The number of nitrogens with two attached hydrogens (primary N) is 1. The van der Waals surface area contributed by atoms with E-state index in [1.807, 2.05) is 35.8 Å². The Labute approximate surface area is 193 Å². The van der Waals surface area contributed by atoms with Crippen LogP contribution in [0, 0.1) is 18.8 Å². The summed E-state index contributed by atoms with van der Waals surface area (Å²) in [5.41, 5.74) is 8.38. The van der Waals surface area contributed by atoms with Crippen molar-refractivity contribution in [3.05, 3.63) is 41.5 Å². The van der Waals surface area contributed by atoms with Crippen molar-refractivity contribution in [1.82, 2.24) is 24.8 Å². The van der Waals surface area contributed by atoms with Crippen molar-refractivity contribution in [2.45, 2.75) is 45.8 Å². The SMILES string of the molecule is CC#CCn1c(N2CCC[C@@H](N)C2)nc(NC)c1C(=O)NCc1nc(C)c2ccccc2n1. The Morgan fingerprint density at radius 2 is 2.09 bits per heavy atom. The zero-order chi connectivity index (χ0) is 23.4. The van der Waals surface area contributed by atoms with Crippen LogP contribution in [0.1, 0.15) is 41.8 Å². The number of benzene rings is 1. The molecule has 1 amide bonds. The summed E-state index contributed by atoms with van der Waals surface area (Å²) in [6, 6.07) is 7.94. The van der Waals surface area contributed by atoms with E-state index in [2.05, 4.69) is 37.3 Å². The highest BCUT2D eigenvalue weighted by Gasteiger charge is 2.27. The van der Waals surface area contributed by atoms with E-state index >= 15 is 0 Å². The second kappa shape index (κ2) is 9.88. The van der Waals surface area contributed by atoms with Crippen LogP contribution >= 0.6 is 0 Å². The average molecular weight is 447 g/mol. The minimum absolute atomic E-state index is 0.0877. The summed E-state index contributed by atoms with van der Waals surface area (Å²) in [5, 5.41) is 7.04. The molecular formula is C24H30N8O. The van der Waals surface area contributed by atoms with E-state index in [-0.39, 0.29) is 18.5 Å². The maximum atomic E-state index is 13.3. The molecule has 172 valence electrons. The highest BCUT2D eigenvalue weighted by Crippen LogP contribution is 2.26. The molecule has 1 aliphatic heterocycles. The molecule has 1 aromatic carbocycles. The molecule has 4 N–H and O–H groups in total. The van der Waals surface area contributed by atoms with Gasteiger partial charge >= 0.3 is 0 Å². The Balaban J connectivity index is 1.62. The third-order valence-corrected chi connectivity index (χ3v) is 5.80. The molecule has 1 aliphatic rings. The van der Waals surface area contributed by atoms with Gasteiger partial charge in [0.15, 0.2) is 11.5 Å². The average Bonchev–Trinajstić information content (AvgIpc) is 3.20. The van der Waals surface area contributed by atoms with Gasteiger partial charge in [0.2, 0.25) is 5.95 Å². The molecule has 0 unspecified atom stereocenters. The van der Waals surface area contributed by atoms with Crippen LogP contribution < -0.4 is 21.3 Å². The number of fused-ring (bicyclic) bond motifs is 1. The van der Waals surface area contributed by atoms with Crippen LogP contribution in [0.3, 0.4) is 0 Å². The number of hydrogen-bond acceptors (Lipinski definition) is 7. The van der Waals surface area contributed by atoms with Gasteiger partial charge < -0.3 is 21.3 Å². The molecule has 1 saturated heterocycles. The number of carbonyl (C=O) groups excluding carboxylic acids is 1. The van der Waals surface area contributed by atoms with E-state index in [1.165, 1.54) is 0 Å². The van der Waals surface area contributed by atoms with Gasteiger partial charge in [-0.1, -0.05) is 24.1 Å². The maximum Gasteiger partial charge on any atom is 0.272 e. The van der Waals surface area contributed by atoms with E-state index in [0.717, 1.165) is 36.0 Å². The molecule has 1 fully saturated rings. The lowest BCUT2D eigenvalue weighted by atomic mass is 10.1. The van der Waals surface area contributed by atoms with Gasteiger partial charge in [-0.15, -0.1) is 5.92 Å². The number of aryl methyl sites for hydroxylation is 1. The predicted octanol–water partition coefficient (Wildman–Crippen LogP) is 2.06. The molecule has 0 saturated carbocycles. The number of aromatic nitrogens is 4. The molecule has 0 spiro atoms. The summed E-state index contributed by atoms with van der Waals surface area (Å²) in [7, 11) is 1.76. The topological polar surface area (TPSA) is 114 Å². The smallest absolute Gasteiger partial charge is 0.272 e. The zero-order valence-corrected chi connectivity index (χ0v) is 19.4. The van der Waals surface area contributed by atoms with Gasteiger partial charge in [-0.05, 0) is 32.8 Å². The van der Waals surface area contributed by atoms with E-state index < -0.39 is 0 Å². The van der Waals surface area contributed by atoms with Crippen LogP contribution in [0.4, 0.5) is 11.8 Å². The highest BCUT2D eigenvalue weighted by molar-refractivity contribution is 5.98. The standard InChI is InChI=1S/C24H30N8O/c1-4-5-13-32-21(22(26-3)30-24(32)31-12-8-9-17(25)15-31)23(33)27-14-20-28-16(2)18-10-6-7-11-19(18)29-20/h6-7,10-11,17,26H,8-9,12-15,25H2,1-3H3,(H,27,33)/t17-/m1/s1. The molecule has 3 aromatic rings. The summed E-state index contributed by atoms with van der Waals surface area (Å²) < 4.78 is 1.86. The number of carbonyl (C=O) groups is 1. The first-order chi connectivity index (χ1) is 16.0. The van der Waals surface area contributed by atoms with Crippen LogP contribution in [0.15, 0.2) is 24.3 Å². The summed E-state index contributed by atoms with van der Waals surface area (Å²) in [6.07, 6.45) is 1.98. The fraction of sp³-hybridized carbons (Fsp3) is 0.417. The van der Waals surface area contributed by atoms with Crippen LogP contribution in [0.2, 0.25) is 0 Å². The number of piperidine rings is 1. The first-order valence-electron chi connectivity index (χ1n) is 11.2. The van der Waals surface area contributed by atoms with Gasteiger partial charge in [0.25, 0.3) is 5.91 Å². The number of nitrogens with one attached hydrogen (secondary N) is 2. The predicted molar refractivity (Wildman–Crippen MR) is 130 cm³/mol. The number of hydrogen-bond donors (Lipinski definition) is 3. The Bertz CT molecular complexity index is 1220. The zero-order valence-electron chi connectivity index (χ0n) is 19.4. The second-order valence-corrected chi connectivity index (χ2v) is 8.15. The minimum atomic E-state index is -0.258. The van der Waals surface area contributed by atoms with Crippen LogP contribution in [0.5, 0.6) is 0 Å². The van der Waals surface area contributed by atoms with Crippen LogP contribution in [0.25, 0.3) is 10.9 Å². The third kappa shape index (κ3) is 4.76. The fourth-order valence-electron chi connectivity index (χ4n) is 4.20. The molecule has 33 heavy (non-hydrogen) atoms. The highest BCUT2D eigenvalue weighted by atomic mass is 16.2. The third-order valence-electron chi connectivity index (χ3n) is 5.80. The summed E-state index contributed by atoms with van der Waals surface area (Å²) in [5.74, 6) is 7.51. The summed E-state index contributed by atoms with van der Waals surface area (Å²) in [4.78, 5) is 29.4. The van der Waals surface area contributed by atoms with Gasteiger partial charge in [0, 0.05) is 37.3 Å². The lowest BCUT2D eigenvalue weighted by Crippen LogP contribution is -2.44.